The summed E-state index contributed by atoms with van der Waals surface area (Å²) in [7, 11) is 0. The van der Waals surface area contributed by atoms with E-state index >= 15 is 0 Å². The summed E-state index contributed by atoms with van der Waals surface area (Å²) in [5.74, 6) is 0.943. The molecular formula is C13H11N3. The van der Waals surface area contributed by atoms with E-state index in [9.17, 15) is 0 Å². The van der Waals surface area contributed by atoms with Crippen LogP contribution in [-0.2, 0) is 0 Å². The average Bonchev–Trinajstić information content (AvgIpc) is 2.47. The molecule has 0 bridgehead atoms. The Kier molecular flexibility index (Phi) is 1.74. The fourth-order valence-corrected chi connectivity index (χ4v) is 2.07. The lowest BCUT2D eigenvalue weighted by Gasteiger charge is -2.20. The maximum absolute atomic E-state index is 5.92. The number of rotatable bonds is 0. The van der Waals surface area contributed by atoms with E-state index in [1.54, 1.807) is 6.07 Å². The van der Waals surface area contributed by atoms with E-state index in [1.807, 2.05) is 30.3 Å². The van der Waals surface area contributed by atoms with Crippen molar-refractivity contribution in [1.29, 1.82) is 0 Å². The second-order valence-electron chi connectivity index (χ2n) is 3.78. The second kappa shape index (κ2) is 3.10. The SMILES string of the molecule is Nc1ccc2c3cccccc-3c-2c(N)n1. The minimum absolute atomic E-state index is 0.446. The molecule has 0 atom stereocenters. The summed E-state index contributed by atoms with van der Waals surface area (Å²) in [5.41, 5.74) is 16.0. The Morgan fingerprint density at radius 3 is 2.31 bits per heavy atom. The molecule has 3 aliphatic rings. The molecule has 16 heavy (non-hydrogen) atoms. The van der Waals surface area contributed by atoms with Gasteiger partial charge in [-0.25, -0.2) is 4.98 Å². The third-order valence-electron chi connectivity index (χ3n) is 2.79. The van der Waals surface area contributed by atoms with Crippen molar-refractivity contribution in [2.24, 2.45) is 0 Å². The zero-order valence-corrected chi connectivity index (χ0v) is 8.64. The highest BCUT2D eigenvalue weighted by Crippen LogP contribution is 2.48. The van der Waals surface area contributed by atoms with Gasteiger partial charge in [0.2, 0.25) is 0 Å². The molecule has 3 nitrogen and oxygen atoms in total. The number of nitrogens with zero attached hydrogens (tertiary/aromatic N) is 1. The topological polar surface area (TPSA) is 64.9 Å². The molecule has 3 rings (SSSR count). The number of nitrogens with two attached hydrogens (primary N) is 2. The highest BCUT2D eigenvalue weighted by molar-refractivity contribution is 6.05. The number of fused-ring (bicyclic) bond motifs is 4. The van der Waals surface area contributed by atoms with E-state index in [0.29, 0.717) is 11.6 Å². The van der Waals surface area contributed by atoms with Crippen LogP contribution < -0.4 is 11.5 Å². The fraction of sp³-hybridized carbons (Fsp3) is 0. The maximum atomic E-state index is 5.92. The van der Waals surface area contributed by atoms with Crippen molar-refractivity contribution in [2.45, 2.75) is 0 Å². The van der Waals surface area contributed by atoms with Gasteiger partial charge >= 0.3 is 0 Å². The molecule has 0 aromatic carbocycles. The van der Waals surface area contributed by atoms with Gasteiger partial charge in [0.15, 0.2) is 0 Å². The molecule has 4 N–H and O–H groups in total. The zero-order valence-electron chi connectivity index (χ0n) is 8.64. The molecule has 0 fully saturated rings. The van der Waals surface area contributed by atoms with Crippen LogP contribution in [0.2, 0.25) is 0 Å². The number of hydrogen-bond acceptors (Lipinski definition) is 3. The monoisotopic (exact) mass is 209 g/mol. The van der Waals surface area contributed by atoms with Gasteiger partial charge in [0, 0.05) is 5.56 Å². The van der Waals surface area contributed by atoms with E-state index in [0.717, 1.165) is 16.7 Å². The van der Waals surface area contributed by atoms with Crippen LogP contribution in [0.15, 0.2) is 42.5 Å². The van der Waals surface area contributed by atoms with Gasteiger partial charge in [-0.3, -0.25) is 0 Å². The quantitative estimate of drug-likeness (QED) is 0.597. The van der Waals surface area contributed by atoms with Gasteiger partial charge in [-0.05, 0) is 28.8 Å². The standard InChI is InChI=1S/C13H11N3/c14-11-7-6-10-8-4-2-1-3-5-9(8)12(10)13(15)16-11/h1-7H,(H4,14,15,16). The summed E-state index contributed by atoms with van der Waals surface area (Å²) < 4.78 is 0. The predicted molar refractivity (Wildman–Crippen MR) is 66.3 cm³/mol. The van der Waals surface area contributed by atoms with Crippen molar-refractivity contribution in [3.63, 3.8) is 0 Å². The molecule has 0 aromatic heterocycles. The molecule has 0 amide bonds. The lowest BCUT2D eigenvalue weighted by atomic mass is 9.83. The molecule has 0 saturated carbocycles. The highest BCUT2D eigenvalue weighted by Gasteiger charge is 2.23. The first-order valence-electron chi connectivity index (χ1n) is 5.10. The highest BCUT2D eigenvalue weighted by atomic mass is 14.9. The zero-order chi connectivity index (χ0) is 11.1. The maximum Gasteiger partial charge on any atom is 0.134 e. The number of hydrogen-bond donors (Lipinski definition) is 2. The minimum Gasteiger partial charge on any atom is -0.384 e. The van der Waals surface area contributed by atoms with Crippen LogP contribution in [0.5, 0.6) is 0 Å². The smallest absolute Gasteiger partial charge is 0.134 e. The molecule has 0 aromatic rings. The molecule has 1 heterocycles. The van der Waals surface area contributed by atoms with Gasteiger partial charge < -0.3 is 11.5 Å². The van der Waals surface area contributed by atoms with Gasteiger partial charge in [-0.15, -0.1) is 0 Å². The van der Waals surface area contributed by atoms with Crippen LogP contribution in [0.1, 0.15) is 0 Å². The summed E-state index contributed by atoms with van der Waals surface area (Å²) in [6.07, 6.45) is 0. The van der Waals surface area contributed by atoms with Gasteiger partial charge in [0.25, 0.3) is 0 Å². The van der Waals surface area contributed by atoms with E-state index in [1.165, 1.54) is 5.56 Å². The molecule has 0 radical (unpaired) electrons. The Hall–Kier alpha value is -2.29. The van der Waals surface area contributed by atoms with E-state index in [2.05, 4.69) is 11.1 Å². The largest absolute Gasteiger partial charge is 0.384 e. The molecule has 0 spiro atoms. The van der Waals surface area contributed by atoms with Gasteiger partial charge in [-0.1, -0.05) is 30.3 Å². The van der Waals surface area contributed by atoms with Crippen molar-refractivity contribution in [3.8, 4) is 22.3 Å². The Labute approximate surface area is 93.4 Å². The molecule has 1 aliphatic heterocycles. The minimum atomic E-state index is 0.446. The molecule has 0 saturated heterocycles. The lowest BCUT2D eigenvalue weighted by Crippen LogP contribution is -2.00. The molecule has 2 aliphatic carbocycles. The average molecular weight is 209 g/mol. The van der Waals surface area contributed by atoms with Gasteiger partial charge in [0.05, 0.1) is 0 Å². The van der Waals surface area contributed by atoms with E-state index < -0.39 is 0 Å². The van der Waals surface area contributed by atoms with E-state index in [-0.39, 0.29) is 0 Å². The Balaban J connectivity index is 2.43. The summed E-state index contributed by atoms with van der Waals surface area (Å²) in [5, 5.41) is 0. The van der Waals surface area contributed by atoms with Crippen LogP contribution >= 0.6 is 0 Å². The number of nitrogen functional groups attached to an aromatic ring is 2. The third-order valence-corrected chi connectivity index (χ3v) is 2.79. The number of anilines is 2. The molecule has 3 heteroatoms. The summed E-state index contributed by atoms with van der Waals surface area (Å²) in [6.45, 7) is 0. The van der Waals surface area contributed by atoms with Crippen LogP contribution in [0.4, 0.5) is 11.6 Å². The van der Waals surface area contributed by atoms with Crippen LogP contribution in [0.3, 0.4) is 0 Å². The van der Waals surface area contributed by atoms with Crippen LogP contribution in [0.25, 0.3) is 22.3 Å². The van der Waals surface area contributed by atoms with Crippen molar-refractivity contribution < 1.29 is 0 Å². The Morgan fingerprint density at radius 2 is 1.50 bits per heavy atom. The molecule has 0 unspecified atom stereocenters. The van der Waals surface area contributed by atoms with Crippen molar-refractivity contribution in [3.05, 3.63) is 42.5 Å². The second-order valence-corrected chi connectivity index (χ2v) is 3.78. The first kappa shape index (κ1) is 8.97. The normalized spacial score (nSPS) is 11.0. The summed E-state index contributed by atoms with van der Waals surface area (Å²) in [4.78, 5) is 4.12. The predicted octanol–water partition coefficient (Wildman–Crippen LogP) is 2.46. The summed E-state index contributed by atoms with van der Waals surface area (Å²) >= 11 is 0. The molecular weight excluding hydrogens is 198 g/mol. The van der Waals surface area contributed by atoms with Crippen LogP contribution in [0, 0.1) is 0 Å². The first-order valence-corrected chi connectivity index (χ1v) is 5.10. The first-order chi connectivity index (χ1) is 7.77. The Bertz CT molecular complexity index is 604. The van der Waals surface area contributed by atoms with Gasteiger partial charge in [-0.2, -0.15) is 0 Å². The van der Waals surface area contributed by atoms with Crippen molar-refractivity contribution >= 4 is 11.6 Å². The number of aromatic nitrogens is 1. The fourth-order valence-electron chi connectivity index (χ4n) is 2.07. The van der Waals surface area contributed by atoms with Crippen molar-refractivity contribution in [1.82, 2.24) is 4.98 Å². The van der Waals surface area contributed by atoms with Gasteiger partial charge in [0.1, 0.15) is 11.6 Å². The Morgan fingerprint density at radius 1 is 0.750 bits per heavy atom. The third kappa shape index (κ3) is 1.11. The summed E-state index contributed by atoms with van der Waals surface area (Å²) in [6, 6.07) is 13.9. The van der Waals surface area contributed by atoms with Crippen molar-refractivity contribution in [2.75, 3.05) is 11.5 Å². The lowest BCUT2D eigenvalue weighted by molar-refractivity contribution is 1.37. The van der Waals surface area contributed by atoms with E-state index in [4.69, 9.17) is 11.5 Å². The van der Waals surface area contributed by atoms with Crippen LogP contribution in [-0.4, -0.2) is 4.98 Å². The molecule has 78 valence electrons.